The smallest absolute Gasteiger partial charge is 0.160 e. The predicted octanol–water partition coefficient (Wildman–Crippen LogP) is 3.80. The highest BCUT2D eigenvalue weighted by atomic mass is 16.3. The number of carbonyl (C=O) groups excluding carboxylic acids is 1. The van der Waals surface area contributed by atoms with Gasteiger partial charge in [0.1, 0.15) is 0 Å². The Labute approximate surface area is 140 Å². The van der Waals surface area contributed by atoms with E-state index in [1.54, 1.807) is 6.92 Å². The van der Waals surface area contributed by atoms with Crippen LogP contribution in [0.25, 0.3) is 0 Å². The quantitative estimate of drug-likeness (QED) is 0.840. The Bertz CT molecular complexity index is 578. The zero-order valence-corrected chi connectivity index (χ0v) is 15.3. The molecule has 128 valence electrons. The van der Waals surface area contributed by atoms with Crippen LogP contribution in [0.4, 0.5) is 0 Å². The van der Waals surface area contributed by atoms with Crippen LogP contribution in [0.3, 0.4) is 0 Å². The number of carbonyl (C=O) groups is 1. The van der Waals surface area contributed by atoms with Crippen LogP contribution in [-0.4, -0.2) is 35.5 Å². The lowest BCUT2D eigenvalue weighted by Gasteiger charge is -2.40. The van der Waals surface area contributed by atoms with Gasteiger partial charge in [0, 0.05) is 18.7 Å². The second-order valence-electron chi connectivity index (χ2n) is 7.33. The monoisotopic (exact) mass is 317 g/mol. The number of likely N-dealkylation sites (tertiary alicyclic amines) is 1. The normalized spacial score (nSPS) is 18.2. The first-order valence-electron chi connectivity index (χ1n) is 8.77. The highest BCUT2D eigenvalue weighted by molar-refractivity contribution is 5.97. The molecule has 0 aliphatic carbocycles. The number of Topliss-reactive ketones (excluding diaryl/α,β-unsaturated/α-hetero) is 1. The number of ketones is 1. The maximum Gasteiger partial charge on any atom is 0.160 e. The molecule has 1 saturated heterocycles. The Kier molecular flexibility index (Phi) is 5.64. The SMILES string of the molecule is CCC1(CO)CCN(Cc2c(C)cc(C)c(C(C)=O)c2C)CC1. The molecule has 1 fully saturated rings. The maximum absolute atomic E-state index is 12.0. The van der Waals surface area contributed by atoms with Crippen molar-refractivity contribution in [2.24, 2.45) is 5.41 Å². The fraction of sp³-hybridized carbons (Fsp3) is 0.650. The molecule has 0 unspecified atom stereocenters. The van der Waals surface area contributed by atoms with Crippen LogP contribution >= 0.6 is 0 Å². The van der Waals surface area contributed by atoms with Crippen molar-refractivity contribution in [2.45, 2.75) is 60.4 Å². The zero-order valence-electron chi connectivity index (χ0n) is 15.3. The van der Waals surface area contributed by atoms with Crippen LogP contribution in [0.1, 0.15) is 65.7 Å². The summed E-state index contributed by atoms with van der Waals surface area (Å²) in [5.41, 5.74) is 5.82. The number of aliphatic hydroxyl groups is 1. The molecule has 23 heavy (non-hydrogen) atoms. The first kappa shape index (κ1) is 18.2. The van der Waals surface area contributed by atoms with Gasteiger partial charge >= 0.3 is 0 Å². The van der Waals surface area contributed by atoms with E-state index in [0.29, 0.717) is 6.61 Å². The summed E-state index contributed by atoms with van der Waals surface area (Å²) in [5.74, 6) is 0.158. The lowest BCUT2D eigenvalue weighted by Crippen LogP contribution is -2.41. The molecule has 3 heteroatoms. The highest BCUT2D eigenvalue weighted by Crippen LogP contribution is 2.35. The van der Waals surface area contributed by atoms with Gasteiger partial charge in [-0.05, 0) is 87.7 Å². The number of piperidine rings is 1. The molecule has 1 aromatic carbocycles. The molecule has 1 aliphatic rings. The van der Waals surface area contributed by atoms with Crippen LogP contribution in [0, 0.1) is 26.2 Å². The van der Waals surface area contributed by atoms with Crippen LogP contribution in [0.5, 0.6) is 0 Å². The molecule has 0 bridgehead atoms. The van der Waals surface area contributed by atoms with Crippen LogP contribution < -0.4 is 0 Å². The number of hydrogen-bond acceptors (Lipinski definition) is 3. The Morgan fingerprint density at radius 2 is 1.83 bits per heavy atom. The van der Waals surface area contributed by atoms with Crippen molar-refractivity contribution in [3.8, 4) is 0 Å². The molecule has 1 aromatic rings. The third kappa shape index (κ3) is 3.67. The van der Waals surface area contributed by atoms with Gasteiger partial charge in [0.05, 0.1) is 0 Å². The molecule has 0 amide bonds. The van der Waals surface area contributed by atoms with E-state index in [4.69, 9.17) is 0 Å². The molecule has 0 atom stereocenters. The van der Waals surface area contributed by atoms with Crippen LogP contribution in [-0.2, 0) is 6.54 Å². The topological polar surface area (TPSA) is 40.5 Å². The Balaban J connectivity index is 2.19. The van der Waals surface area contributed by atoms with Gasteiger partial charge in [-0.25, -0.2) is 0 Å². The van der Waals surface area contributed by atoms with Gasteiger partial charge in [0.2, 0.25) is 0 Å². The Morgan fingerprint density at radius 1 is 1.22 bits per heavy atom. The molecule has 2 rings (SSSR count). The number of hydrogen-bond donors (Lipinski definition) is 1. The van der Waals surface area contributed by atoms with Crippen LogP contribution in [0.15, 0.2) is 6.07 Å². The molecule has 0 radical (unpaired) electrons. The third-order valence-electron chi connectivity index (χ3n) is 5.87. The number of aryl methyl sites for hydroxylation is 2. The van der Waals surface area contributed by atoms with Gasteiger partial charge in [-0.3, -0.25) is 9.69 Å². The lowest BCUT2D eigenvalue weighted by molar-refractivity contribution is 0.0381. The van der Waals surface area contributed by atoms with E-state index in [1.165, 1.54) is 11.1 Å². The van der Waals surface area contributed by atoms with E-state index in [-0.39, 0.29) is 11.2 Å². The van der Waals surface area contributed by atoms with E-state index >= 15 is 0 Å². The second-order valence-corrected chi connectivity index (χ2v) is 7.33. The van der Waals surface area contributed by atoms with Crippen molar-refractivity contribution in [3.63, 3.8) is 0 Å². The summed E-state index contributed by atoms with van der Waals surface area (Å²) >= 11 is 0. The maximum atomic E-state index is 12.0. The number of rotatable bonds is 5. The van der Waals surface area contributed by atoms with Gasteiger partial charge in [0.25, 0.3) is 0 Å². The molecule has 1 heterocycles. The summed E-state index contributed by atoms with van der Waals surface area (Å²) in [6, 6.07) is 2.15. The zero-order chi connectivity index (χ0) is 17.2. The summed E-state index contributed by atoms with van der Waals surface area (Å²) < 4.78 is 0. The Hall–Kier alpha value is -1.19. The van der Waals surface area contributed by atoms with Crippen molar-refractivity contribution >= 4 is 5.78 Å². The van der Waals surface area contributed by atoms with E-state index < -0.39 is 0 Å². The highest BCUT2D eigenvalue weighted by Gasteiger charge is 2.32. The average molecular weight is 317 g/mol. The Morgan fingerprint density at radius 3 is 2.30 bits per heavy atom. The summed E-state index contributed by atoms with van der Waals surface area (Å²) in [4.78, 5) is 14.4. The summed E-state index contributed by atoms with van der Waals surface area (Å²) in [6.07, 6.45) is 3.17. The third-order valence-corrected chi connectivity index (χ3v) is 5.87. The predicted molar refractivity (Wildman–Crippen MR) is 95.0 cm³/mol. The second kappa shape index (κ2) is 7.14. The standard InChI is InChI=1S/C20H31NO2/c1-6-20(13-22)7-9-21(10-8-20)12-18-14(2)11-15(3)19(16(18)4)17(5)23/h11,22H,6-10,12-13H2,1-5H3. The van der Waals surface area contributed by atoms with Gasteiger partial charge in [-0.15, -0.1) is 0 Å². The fourth-order valence-corrected chi connectivity index (χ4v) is 4.04. The summed E-state index contributed by atoms with van der Waals surface area (Å²) in [6.45, 7) is 13.3. The van der Waals surface area contributed by atoms with E-state index in [9.17, 15) is 9.90 Å². The molecule has 1 N–H and O–H groups in total. The van der Waals surface area contributed by atoms with Crippen molar-refractivity contribution in [3.05, 3.63) is 33.9 Å². The van der Waals surface area contributed by atoms with Gasteiger partial charge in [-0.2, -0.15) is 0 Å². The van der Waals surface area contributed by atoms with E-state index in [1.807, 2.05) is 6.92 Å². The minimum absolute atomic E-state index is 0.123. The average Bonchev–Trinajstić information content (AvgIpc) is 2.51. The van der Waals surface area contributed by atoms with E-state index in [0.717, 1.165) is 55.6 Å². The minimum Gasteiger partial charge on any atom is -0.396 e. The molecule has 0 spiro atoms. The molecule has 3 nitrogen and oxygen atoms in total. The van der Waals surface area contributed by atoms with Crippen molar-refractivity contribution in [2.75, 3.05) is 19.7 Å². The molecule has 0 aromatic heterocycles. The number of benzene rings is 1. The first-order valence-corrected chi connectivity index (χ1v) is 8.77. The largest absolute Gasteiger partial charge is 0.396 e. The van der Waals surface area contributed by atoms with Crippen molar-refractivity contribution in [1.29, 1.82) is 0 Å². The van der Waals surface area contributed by atoms with Gasteiger partial charge < -0.3 is 5.11 Å². The minimum atomic E-state index is 0.123. The van der Waals surface area contributed by atoms with Gasteiger partial charge in [-0.1, -0.05) is 13.0 Å². The summed E-state index contributed by atoms with van der Waals surface area (Å²) in [5, 5.41) is 9.68. The van der Waals surface area contributed by atoms with Crippen LogP contribution in [0.2, 0.25) is 0 Å². The number of aliphatic hydroxyl groups excluding tert-OH is 1. The lowest BCUT2D eigenvalue weighted by atomic mass is 9.77. The van der Waals surface area contributed by atoms with Crippen molar-refractivity contribution in [1.82, 2.24) is 4.90 Å². The van der Waals surface area contributed by atoms with Crippen molar-refractivity contribution < 1.29 is 9.90 Å². The summed E-state index contributed by atoms with van der Waals surface area (Å²) in [7, 11) is 0. The fourth-order valence-electron chi connectivity index (χ4n) is 4.04. The van der Waals surface area contributed by atoms with E-state index in [2.05, 4.69) is 31.7 Å². The van der Waals surface area contributed by atoms with Gasteiger partial charge in [0.15, 0.2) is 5.78 Å². The molecule has 0 saturated carbocycles. The molecule has 1 aliphatic heterocycles. The molecular formula is C20H31NO2. The number of nitrogens with zero attached hydrogens (tertiary/aromatic N) is 1. The first-order chi connectivity index (χ1) is 10.8. The molecular weight excluding hydrogens is 286 g/mol.